The highest BCUT2D eigenvalue weighted by Gasteiger charge is 2.29. The van der Waals surface area contributed by atoms with Gasteiger partial charge in [-0.15, -0.1) is 0 Å². The van der Waals surface area contributed by atoms with Crippen LogP contribution < -0.4 is 16.0 Å². The number of benzene rings is 2. The first-order chi connectivity index (χ1) is 12.5. The summed E-state index contributed by atoms with van der Waals surface area (Å²) in [5, 5.41) is 17.2. The van der Waals surface area contributed by atoms with Crippen LogP contribution in [0, 0.1) is 0 Å². The highest BCUT2D eigenvalue weighted by molar-refractivity contribution is 6.10. The van der Waals surface area contributed by atoms with Crippen LogP contribution in [0.1, 0.15) is 22.3 Å². The van der Waals surface area contributed by atoms with Crippen LogP contribution in [0.15, 0.2) is 48.5 Å². The Kier molecular flexibility index (Phi) is 5.17. The van der Waals surface area contributed by atoms with Gasteiger partial charge in [0.05, 0.1) is 17.7 Å². The minimum Gasteiger partial charge on any atom is -0.508 e. The molecular formula is C19H19N3O4. The summed E-state index contributed by atoms with van der Waals surface area (Å²) >= 11 is 0. The Morgan fingerprint density at radius 2 is 1.81 bits per heavy atom. The van der Waals surface area contributed by atoms with Crippen molar-refractivity contribution < 1.29 is 19.5 Å². The van der Waals surface area contributed by atoms with Crippen molar-refractivity contribution in [1.82, 2.24) is 10.6 Å². The first-order valence-electron chi connectivity index (χ1n) is 8.28. The first kappa shape index (κ1) is 17.5. The average Bonchev–Trinajstić information content (AvgIpc) is 2.74. The number of anilines is 1. The fraction of sp³-hybridized carbons (Fsp3) is 0.211. The molecule has 26 heavy (non-hydrogen) atoms. The maximum absolute atomic E-state index is 12.3. The van der Waals surface area contributed by atoms with Gasteiger partial charge in [0.1, 0.15) is 11.8 Å². The van der Waals surface area contributed by atoms with E-state index in [9.17, 15) is 19.5 Å². The summed E-state index contributed by atoms with van der Waals surface area (Å²) in [6, 6.07) is 12.5. The van der Waals surface area contributed by atoms with Crippen LogP contribution in [0.2, 0.25) is 0 Å². The van der Waals surface area contributed by atoms with Crippen molar-refractivity contribution in [2.24, 2.45) is 0 Å². The quantitative estimate of drug-likeness (QED) is 0.648. The van der Waals surface area contributed by atoms with Crippen molar-refractivity contribution in [3.63, 3.8) is 0 Å². The second kappa shape index (κ2) is 7.69. The molecule has 2 aromatic rings. The lowest BCUT2D eigenvalue weighted by Crippen LogP contribution is -2.44. The van der Waals surface area contributed by atoms with E-state index in [4.69, 9.17) is 0 Å². The van der Waals surface area contributed by atoms with Gasteiger partial charge in [0, 0.05) is 6.54 Å². The third kappa shape index (κ3) is 4.18. The van der Waals surface area contributed by atoms with Gasteiger partial charge >= 0.3 is 0 Å². The molecule has 1 unspecified atom stereocenters. The predicted molar refractivity (Wildman–Crippen MR) is 95.8 cm³/mol. The SMILES string of the molecule is O=C(CC1NC(=O)c2ccccc2NC1=O)NCCc1ccc(O)cc1. The fourth-order valence-corrected chi connectivity index (χ4v) is 2.72. The highest BCUT2D eigenvalue weighted by Crippen LogP contribution is 2.18. The molecule has 3 amide bonds. The maximum atomic E-state index is 12.3. The summed E-state index contributed by atoms with van der Waals surface area (Å²) in [6.45, 7) is 0.395. The van der Waals surface area contributed by atoms with E-state index in [1.165, 1.54) is 0 Å². The van der Waals surface area contributed by atoms with E-state index in [1.54, 1.807) is 48.5 Å². The van der Waals surface area contributed by atoms with Gasteiger partial charge < -0.3 is 21.1 Å². The lowest BCUT2D eigenvalue weighted by atomic mass is 10.1. The second-order valence-corrected chi connectivity index (χ2v) is 6.03. The summed E-state index contributed by atoms with van der Waals surface area (Å²) in [4.78, 5) is 36.6. The molecule has 0 spiro atoms. The fourth-order valence-electron chi connectivity index (χ4n) is 2.72. The van der Waals surface area contributed by atoms with Crippen LogP contribution in [-0.2, 0) is 16.0 Å². The largest absolute Gasteiger partial charge is 0.508 e. The summed E-state index contributed by atoms with van der Waals surface area (Å²) in [5.41, 5.74) is 1.78. The van der Waals surface area contributed by atoms with Crippen molar-refractivity contribution in [2.75, 3.05) is 11.9 Å². The summed E-state index contributed by atoms with van der Waals surface area (Å²) in [7, 11) is 0. The normalized spacial score (nSPS) is 16.1. The third-order valence-corrected chi connectivity index (χ3v) is 4.11. The molecule has 0 aromatic heterocycles. The van der Waals surface area contributed by atoms with Crippen molar-refractivity contribution >= 4 is 23.4 Å². The van der Waals surface area contributed by atoms with Crippen molar-refractivity contribution in [1.29, 1.82) is 0 Å². The van der Waals surface area contributed by atoms with E-state index in [0.717, 1.165) is 5.56 Å². The number of rotatable bonds is 5. The number of hydrogen-bond donors (Lipinski definition) is 4. The number of phenolic OH excluding ortho intramolecular Hbond substituents is 1. The Hall–Kier alpha value is -3.35. The molecule has 0 radical (unpaired) electrons. The molecule has 0 saturated carbocycles. The lowest BCUT2D eigenvalue weighted by Gasteiger charge is -2.14. The van der Waals surface area contributed by atoms with E-state index >= 15 is 0 Å². The molecule has 7 heteroatoms. The number of fused-ring (bicyclic) bond motifs is 1. The average molecular weight is 353 g/mol. The molecule has 1 atom stereocenters. The smallest absolute Gasteiger partial charge is 0.254 e. The number of hydrogen-bond acceptors (Lipinski definition) is 4. The Balaban J connectivity index is 1.53. The summed E-state index contributed by atoms with van der Waals surface area (Å²) in [5.74, 6) is -0.943. The van der Waals surface area contributed by atoms with Crippen LogP contribution in [0.4, 0.5) is 5.69 Å². The Bertz CT molecular complexity index is 833. The van der Waals surface area contributed by atoms with Crippen molar-refractivity contribution in [3.05, 3.63) is 59.7 Å². The Morgan fingerprint density at radius 1 is 1.08 bits per heavy atom. The molecule has 0 fully saturated rings. The molecular weight excluding hydrogens is 334 g/mol. The Labute approximate surface area is 150 Å². The molecule has 4 N–H and O–H groups in total. The van der Waals surface area contributed by atoms with Gasteiger partial charge in [-0.25, -0.2) is 0 Å². The first-order valence-corrected chi connectivity index (χ1v) is 8.28. The molecule has 0 bridgehead atoms. The van der Waals surface area contributed by atoms with E-state index in [0.29, 0.717) is 24.2 Å². The van der Waals surface area contributed by atoms with Crippen LogP contribution in [-0.4, -0.2) is 35.4 Å². The molecule has 0 aliphatic carbocycles. The van der Waals surface area contributed by atoms with E-state index < -0.39 is 11.9 Å². The molecule has 0 saturated heterocycles. The van der Waals surface area contributed by atoms with Crippen LogP contribution in [0.3, 0.4) is 0 Å². The number of para-hydroxylation sites is 1. The highest BCUT2D eigenvalue weighted by atomic mass is 16.3. The van der Waals surface area contributed by atoms with Crippen LogP contribution >= 0.6 is 0 Å². The molecule has 134 valence electrons. The number of nitrogens with one attached hydrogen (secondary N) is 3. The van der Waals surface area contributed by atoms with Crippen LogP contribution in [0.25, 0.3) is 0 Å². The number of carbonyl (C=O) groups is 3. The number of aromatic hydroxyl groups is 1. The minimum absolute atomic E-state index is 0.138. The van der Waals surface area contributed by atoms with Gasteiger partial charge in [0.15, 0.2) is 0 Å². The molecule has 1 heterocycles. The van der Waals surface area contributed by atoms with Crippen molar-refractivity contribution in [2.45, 2.75) is 18.9 Å². The maximum Gasteiger partial charge on any atom is 0.254 e. The molecule has 1 aliphatic heterocycles. The standard InChI is InChI=1S/C19H19N3O4/c23-13-7-5-12(6-8-13)9-10-20-17(24)11-16-19(26)21-15-4-2-1-3-14(15)18(25)22-16/h1-8,16,23H,9-11H2,(H,20,24)(H,21,26)(H,22,25). The topological polar surface area (TPSA) is 108 Å². The van der Waals surface area contributed by atoms with Gasteiger partial charge in [-0.2, -0.15) is 0 Å². The zero-order valence-corrected chi connectivity index (χ0v) is 14.0. The van der Waals surface area contributed by atoms with E-state index in [-0.39, 0.29) is 24.0 Å². The number of carbonyl (C=O) groups excluding carboxylic acids is 3. The lowest BCUT2D eigenvalue weighted by molar-refractivity contribution is -0.125. The molecule has 3 rings (SSSR count). The van der Waals surface area contributed by atoms with Gasteiger partial charge in [-0.3, -0.25) is 14.4 Å². The molecule has 7 nitrogen and oxygen atoms in total. The second-order valence-electron chi connectivity index (χ2n) is 6.03. The van der Waals surface area contributed by atoms with Crippen molar-refractivity contribution in [3.8, 4) is 5.75 Å². The van der Waals surface area contributed by atoms with E-state index in [2.05, 4.69) is 16.0 Å². The summed E-state index contributed by atoms with van der Waals surface area (Å²) in [6.07, 6.45) is 0.460. The minimum atomic E-state index is -0.927. The number of phenols is 1. The van der Waals surface area contributed by atoms with Gasteiger partial charge in [-0.1, -0.05) is 24.3 Å². The van der Waals surface area contributed by atoms with Gasteiger partial charge in [0.2, 0.25) is 11.8 Å². The van der Waals surface area contributed by atoms with Crippen LogP contribution in [0.5, 0.6) is 5.75 Å². The third-order valence-electron chi connectivity index (χ3n) is 4.11. The van der Waals surface area contributed by atoms with Gasteiger partial charge in [-0.05, 0) is 36.2 Å². The molecule has 1 aliphatic rings. The zero-order valence-electron chi connectivity index (χ0n) is 14.0. The summed E-state index contributed by atoms with van der Waals surface area (Å²) < 4.78 is 0. The zero-order chi connectivity index (χ0) is 18.5. The Morgan fingerprint density at radius 3 is 2.58 bits per heavy atom. The van der Waals surface area contributed by atoms with E-state index in [1.807, 2.05) is 0 Å². The predicted octanol–water partition coefficient (Wildman–Crippen LogP) is 1.19. The molecule has 2 aromatic carbocycles. The number of amides is 3. The monoisotopic (exact) mass is 353 g/mol. The van der Waals surface area contributed by atoms with Gasteiger partial charge in [0.25, 0.3) is 5.91 Å².